The van der Waals surface area contributed by atoms with E-state index in [4.69, 9.17) is 4.74 Å². The molecule has 1 aliphatic heterocycles. The van der Waals surface area contributed by atoms with Crippen LogP contribution in [0.4, 0.5) is 4.79 Å². The van der Waals surface area contributed by atoms with Crippen molar-refractivity contribution in [3.63, 3.8) is 0 Å². The number of para-hydroxylation sites is 1. The molecule has 1 saturated carbocycles. The predicted octanol–water partition coefficient (Wildman–Crippen LogP) is 2.46. The number of likely N-dealkylation sites (N-methyl/N-ethyl adjacent to an activating group) is 1. The van der Waals surface area contributed by atoms with Crippen molar-refractivity contribution in [3.05, 3.63) is 30.3 Å². The quantitative estimate of drug-likeness (QED) is 0.805. The molecule has 0 unspecified atom stereocenters. The summed E-state index contributed by atoms with van der Waals surface area (Å²) in [5.41, 5.74) is -0.662. The maximum atomic E-state index is 12.8. The Morgan fingerprint density at radius 2 is 1.92 bits per heavy atom. The first-order chi connectivity index (χ1) is 12.0. The number of ether oxygens (including phenoxy) is 1. The van der Waals surface area contributed by atoms with Gasteiger partial charge in [0.05, 0.1) is 6.67 Å². The van der Waals surface area contributed by atoms with Gasteiger partial charge in [0, 0.05) is 6.54 Å². The molecule has 1 aromatic carbocycles. The summed E-state index contributed by atoms with van der Waals surface area (Å²) in [5, 5.41) is 2.96. The normalized spacial score (nSPS) is 26.4. The molecule has 1 heterocycles. The summed E-state index contributed by atoms with van der Waals surface area (Å²) in [7, 11) is 1.89. The second-order valence-corrected chi connectivity index (χ2v) is 7.31. The number of carbonyl (C=O) groups excluding carboxylic acids is 2. The van der Waals surface area contributed by atoms with E-state index in [0.29, 0.717) is 25.7 Å². The molecule has 6 nitrogen and oxygen atoms in total. The molecular formula is C19H27N3O3. The minimum absolute atomic E-state index is 0.0692. The molecule has 2 fully saturated rings. The van der Waals surface area contributed by atoms with Crippen LogP contribution in [0.3, 0.4) is 0 Å². The van der Waals surface area contributed by atoms with Crippen LogP contribution in [0.5, 0.6) is 5.75 Å². The van der Waals surface area contributed by atoms with Crippen LogP contribution in [0, 0.1) is 5.92 Å². The predicted molar refractivity (Wildman–Crippen MR) is 95.2 cm³/mol. The van der Waals surface area contributed by atoms with Crippen LogP contribution < -0.4 is 10.1 Å². The maximum Gasteiger partial charge on any atom is 0.326 e. The highest BCUT2D eigenvalue weighted by Gasteiger charge is 2.52. The molecule has 1 aliphatic carbocycles. The van der Waals surface area contributed by atoms with E-state index in [1.165, 1.54) is 4.90 Å². The summed E-state index contributed by atoms with van der Waals surface area (Å²) in [5.74, 6) is 1.38. The molecule has 0 aromatic heterocycles. The number of urea groups is 1. The van der Waals surface area contributed by atoms with E-state index in [0.717, 1.165) is 31.4 Å². The van der Waals surface area contributed by atoms with Crippen molar-refractivity contribution in [2.75, 3.05) is 26.9 Å². The zero-order chi connectivity index (χ0) is 17.9. The van der Waals surface area contributed by atoms with E-state index >= 15 is 0 Å². The van der Waals surface area contributed by atoms with Crippen molar-refractivity contribution in [3.8, 4) is 5.75 Å². The van der Waals surface area contributed by atoms with Crippen LogP contribution in [0.2, 0.25) is 0 Å². The molecule has 1 saturated heterocycles. The largest absolute Gasteiger partial charge is 0.492 e. The third-order valence-corrected chi connectivity index (χ3v) is 5.24. The van der Waals surface area contributed by atoms with Crippen molar-refractivity contribution in [1.29, 1.82) is 0 Å². The van der Waals surface area contributed by atoms with Gasteiger partial charge in [-0.05, 0) is 50.8 Å². The van der Waals surface area contributed by atoms with E-state index in [9.17, 15) is 9.59 Å². The third-order valence-electron chi connectivity index (χ3n) is 5.24. The molecule has 6 heteroatoms. The number of carbonyl (C=O) groups is 2. The van der Waals surface area contributed by atoms with Crippen LogP contribution in [-0.4, -0.2) is 54.1 Å². The molecule has 0 radical (unpaired) electrons. The third kappa shape index (κ3) is 3.95. The second kappa shape index (κ2) is 7.44. The number of nitrogens with zero attached hydrogens (tertiary/aromatic N) is 2. The number of hydrogen-bond acceptors (Lipinski definition) is 4. The molecular weight excluding hydrogens is 318 g/mol. The fourth-order valence-electron chi connectivity index (χ4n) is 3.55. The van der Waals surface area contributed by atoms with E-state index in [-0.39, 0.29) is 11.9 Å². The van der Waals surface area contributed by atoms with Gasteiger partial charge in [-0.1, -0.05) is 25.1 Å². The Bertz CT molecular complexity index is 612. The minimum Gasteiger partial charge on any atom is -0.492 e. The van der Waals surface area contributed by atoms with Gasteiger partial charge in [-0.15, -0.1) is 0 Å². The summed E-state index contributed by atoms with van der Waals surface area (Å²) in [6.45, 7) is 3.63. The molecule has 25 heavy (non-hydrogen) atoms. The van der Waals surface area contributed by atoms with Gasteiger partial charge in [0.25, 0.3) is 5.91 Å². The molecule has 0 bridgehead atoms. The number of nitrogens with one attached hydrogen (secondary N) is 1. The zero-order valence-corrected chi connectivity index (χ0v) is 15.0. The summed E-state index contributed by atoms with van der Waals surface area (Å²) >= 11 is 0. The second-order valence-electron chi connectivity index (χ2n) is 7.31. The van der Waals surface area contributed by atoms with Gasteiger partial charge in [-0.3, -0.25) is 9.69 Å². The summed E-state index contributed by atoms with van der Waals surface area (Å²) in [4.78, 5) is 28.4. The van der Waals surface area contributed by atoms with Crippen molar-refractivity contribution in [2.45, 2.75) is 38.1 Å². The van der Waals surface area contributed by atoms with Crippen LogP contribution >= 0.6 is 0 Å². The van der Waals surface area contributed by atoms with Crippen LogP contribution in [0.1, 0.15) is 32.6 Å². The van der Waals surface area contributed by atoms with Crippen molar-refractivity contribution >= 4 is 11.9 Å². The molecule has 3 rings (SSSR count). The van der Waals surface area contributed by atoms with Crippen LogP contribution in [0.15, 0.2) is 30.3 Å². The zero-order valence-electron chi connectivity index (χ0n) is 15.0. The van der Waals surface area contributed by atoms with E-state index in [1.54, 1.807) is 0 Å². The molecule has 1 aromatic rings. The Labute approximate surface area is 149 Å². The fourth-order valence-corrected chi connectivity index (χ4v) is 3.55. The average Bonchev–Trinajstić information content (AvgIpc) is 2.83. The fraction of sp³-hybridized carbons (Fsp3) is 0.579. The lowest BCUT2D eigenvalue weighted by Crippen LogP contribution is -2.50. The number of rotatable bonds is 6. The van der Waals surface area contributed by atoms with Gasteiger partial charge >= 0.3 is 6.03 Å². The van der Waals surface area contributed by atoms with E-state index < -0.39 is 5.54 Å². The highest BCUT2D eigenvalue weighted by molar-refractivity contribution is 6.07. The Morgan fingerprint density at radius 1 is 1.24 bits per heavy atom. The Morgan fingerprint density at radius 3 is 2.60 bits per heavy atom. The average molecular weight is 345 g/mol. The molecule has 2 aliphatic rings. The van der Waals surface area contributed by atoms with Gasteiger partial charge in [0.1, 0.15) is 17.9 Å². The highest BCUT2D eigenvalue weighted by atomic mass is 16.5. The Balaban J connectivity index is 1.50. The molecule has 1 spiro atoms. The van der Waals surface area contributed by atoms with Gasteiger partial charge in [0.15, 0.2) is 0 Å². The number of benzene rings is 1. The molecule has 1 N–H and O–H groups in total. The molecule has 3 amide bonds. The maximum absolute atomic E-state index is 12.8. The van der Waals surface area contributed by atoms with Gasteiger partial charge < -0.3 is 10.1 Å². The van der Waals surface area contributed by atoms with Crippen molar-refractivity contribution in [1.82, 2.24) is 15.1 Å². The standard InChI is InChI=1S/C19H27N3O3/c1-15-8-10-19(11-9-15)17(23)22(18(24)20-19)14-21(2)12-13-25-16-6-4-3-5-7-16/h3-7,15H,8-14H2,1-2H3,(H,20,24). The lowest BCUT2D eigenvalue weighted by atomic mass is 9.77. The van der Waals surface area contributed by atoms with Gasteiger partial charge in [-0.25, -0.2) is 9.69 Å². The monoisotopic (exact) mass is 345 g/mol. The first-order valence-corrected chi connectivity index (χ1v) is 9.01. The summed E-state index contributed by atoms with van der Waals surface area (Å²) in [6, 6.07) is 9.35. The van der Waals surface area contributed by atoms with E-state index in [1.807, 2.05) is 42.3 Å². The number of amides is 3. The Kier molecular flexibility index (Phi) is 5.27. The highest BCUT2D eigenvalue weighted by Crippen LogP contribution is 2.36. The van der Waals surface area contributed by atoms with Crippen LogP contribution in [-0.2, 0) is 4.79 Å². The summed E-state index contributed by atoms with van der Waals surface area (Å²) < 4.78 is 5.67. The van der Waals surface area contributed by atoms with Crippen molar-refractivity contribution < 1.29 is 14.3 Å². The minimum atomic E-state index is -0.662. The SMILES string of the molecule is CC1CCC2(CC1)NC(=O)N(CN(C)CCOc1ccccc1)C2=O. The molecule has 136 valence electrons. The molecule has 0 atom stereocenters. The lowest BCUT2D eigenvalue weighted by molar-refractivity contribution is -0.134. The smallest absolute Gasteiger partial charge is 0.326 e. The van der Waals surface area contributed by atoms with Gasteiger partial charge in [0.2, 0.25) is 0 Å². The number of hydrogen-bond donors (Lipinski definition) is 1. The van der Waals surface area contributed by atoms with E-state index in [2.05, 4.69) is 12.2 Å². The van der Waals surface area contributed by atoms with Gasteiger partial charge in [-0.2, -0.15) is 0 Å². The first kappa shape index (κ1) is 17.7. The number of imide groups is 1. The lowest BCUT2D eigenvalue weighted by Gasteiger charge is -2.33. The van der Waals surface area contributed by atoms with Crippen molar-refractivity contribution in [2.24, 2.45) is 5.92 Å². The topological polar surface area (TPSA) is 61.9 Å². The van der Waals surface area contributed by atoms with Crippen LogP contribution in [0.25, 0.3) is 0 Å². The Hall–Kier alpha value is -2.08. The first-order valence-electron chi connectivity index (χ1n) is 9.01. The summed E-state index contributed by atoms with van der Waals surface area (Å²) in [6.07, 6.45) is 3.47.